The highest BCUT2D eigenvalue weighted by Crippen LogP contribution is 2.50. The van der Waals surface area contributed by atoms with E-state index in [2.05, 4.69) is 191 Å². The molecule has 0 N–H and O–H groups in total. The molecule has 258 valence electrons. The number of nitrogens with zero attached hydrogens (tertiary/aromatic N) is 4. The summed E-state index contributed by atoms with van der Waals surface area (Å²) >= 11 is 0. The Hall–Kier alpha value is -7.56. The van der Waals surface area contributed by atoms with Crippen molar-refractivity contribution < 1.29 is 0 Å². The fourth-order valence-electron chi connectivity index (χ4n) is 9.66. The van der Waals surface area contributed by atoms with Crippen LogP contribution in [0.15, 0.2) is 182 Å². The monoisotopic (exact) mass is 710 g/mol. The van der Waals surface area contributed by atoms with Gasteiger partial charge in [-0.3, -0.25) is 4.57 Å². The molecule has 56 heavy (non-hydrogen) atoms. The molecule has 0 saturated carbocycles. The Morgan fingerprint density at radius 1 is 0.357 bits per heavy atom. The average Bonchev–Trinajstić information content (AvgIpc) is 3.74. The Labute approximate surface area is 321 Å². The molecule has 1 aliphatic rings. The minimum Gasteiger partial charge on any atom is -0.309 e. The van der Waals surface area contributed by atoms with Crippen LogP contribution in [0.1, 0.15) is 0 Å². The van der Waals surface area contributed by atoms with E-state index in [-0.39, 0.29) is 0 Å². The second-order valence-corrected chi connectivity index (χ2v) is 14.9. The van der Waals surface area contributed by atoms with Crippen molar-refractivity contribution in [3.8, 4) is 45.0 Å². The minimum atomic E-state index is 0.821. The van der Waals surface area contributed by atoms with Crippen molar-refractivity contribution in [1.29, 1.82) is 0 Å². The molecule has 3 heterocycles. The largest absolute Gasteiger partial charge is 0.309 e. The lowest BCUT2D eigenvalue weighted by atomic mass is 9.93. The van der Waals surface area contributed by atoms with E-state index in [1.807, 2.05) is 0 Å². The van der Waals surface area contributed by atoms with Gasteiger partial charge in [-0.25, -0.2) is 9.97 Å². The molecule has 0 bridgehead atoms. The highest BCUT2D eigenvalue weighted by Gasteiger charge is 2.27. The first kappa shape index (κ1) is 29.8. The molecule has 9 aromatic carbocycles. The van der Waals surface area contributed by atoms with Crippen LogP contribution in [0.2, 0.25) is 0 Å². The van der Waals surface area contributed by atoms with Gasteiger partial charge in [-0.1, -0.05) is 133 Å². The lowest BCUT2D eigenvalue weighted by Gasteiger charge is -2.16. The molecule has 0 aliphatic heterocycles. The Bertz CT molecular complexity index is 3650. The summed E-state index contributed by atoms with van der Waals surface area (Å²) in [6, 6.07) is 65.8. The van der Waals surface area contributed by atoms with E-state index in [0.29, 0.717) is 0 Å². The molecule has 3 aromatic heterocycles. The van der Waals surface area contributed by atoms with Crippen LogP contribution in [-0.2, 0) is 0 Å². The lowest BCUT2D eigenvalue weighted by molar-refractivity contribution is 1.08. The zero-order valence-electron chi connectivity index (χ0n) is 30.1. The van der Waals surface area contributed by atoms with E-state index < -0.39 is 0 Å². The van der Waals surface area contributed by atoms with Gasteiger partial charge in [0.2, 0.25) is 0 Å². The number of benzene rings is 9. The summed E-state index contributed by atoms with van der Waals surface area (Å²) in [6.45, 7) is 0. The van der Waals surface area contributed by atoms with Gasteiger partial charge in [0.1, 0.15) is 5.69 Å². The van der Waals surface area contributed by atoms with Gasteiger partial charge in [0, 0.05) is 38.2 Å². The average molecular weight is 711 g/mol. The van der Waals surface area contributed by atoms with Crippen molar-refractivity contribution in [2.24, 2.45) is 0 Å². The third-order valence-electron chi connectivity index (χ3n) is 12.0. The first-order valence-electron chi connectivity index (χ1n) is 19.2. The van der Waals surface area contributed by atoms with Crippen LogP contribution in [-0.4, -0.2) is 19.1 Å². The van der Waals surface area contributed by atoms with Crippen molar-refractivity contribution in [1.82, 2.24) is 19.1 Å². The van der Waals surface area contributed by atoms with Crippen molar-refractivity contribution in [2.45, 2.75) is 0 Å². The summed E-state index contributed by atoms with van der Waals surface area (Å²) in [4.78, 5) is 11.3. The number of hydrogen-bond acceptors (Lipinski definition) is 2. The first-order chi connectivity index (χ1) is 27.8. The van der Waals surface area contributed by atoms with Gasteiger partial charge < -0.3 is 4.57 Å². The third-order valence-corrected chi connectivity index (χ3v) is 12.0. The third kappa shape index (κ3) is 3.92. The Morgan fingerprint density at radius 3 is 1.86 bits per heavy atom. The molecule has 4 nitrogen and oxygen atoms in total. The van der Waals surface area contributed by atoms with Crippen LogP contribution in [0.25, 0.3) is 121 Å². The van der Waals surface area contributed by atoms with E-state index in [0.717, 1.165) is 61.1 Å². The molecule has 1 aliphatic carbocycles. The summed E-state index contributed by atoms with van der Waals surface area (Å²) in [5, 5.41) is 9.65. The topological polar surface area (TPSA) is 35.6 Å². The van der Waals surface area contributed by atoms with Gasteiger partial charge in [-0.15, -0.1) is 0 Å². The van der Waals surface area contributed by atoms with Gasteiger partial charge in [-0.05, 0) is 86.9 Å². The summed E-state index contributed by atoms with van der Waals surface area (Å²) < 4.78 is 4.75. The first-order valence-corrected chi connectivity index (χ1v) is 19.2. The zero-order chi connectivity index (χ0) is 36.5. The van der Waals surface area contributed by atoms with E-state index >= 15 is 0 Å². The highest BCUT2D eigenvalue weighted by molar-refractivity contribution is 6.30. The fraction of sp³-hybridized carbons (Fsp3) is 0. The molecule has 0 fully saturated rings. The second kappa shape index (κ2) is 11.0. The molecule has 0 saturated heterocycles. The van der Waals surface area contributed by atoms with Gasteiger partial charge in [-0.2, -0.15) is 0 Å². The van der Waals surface area contributed by atoms with E-state index in [1.165, 1.54) is 60.1 Å². The predicted molar refractivity (Wildman–Crippen MR) is 233 cm³/mol. The molecule has 0 unspecified atom stereocenters. The molecule has 12 aromatic rings. The van der Waals surface area contributed by atoms with Crippen molar-refractivity contribution >= 4 is 76.2 Å². The number of rotatable bonds is 3. The lowest BCUT2D eigenvalue weighted by Crippen LogP contribution is -2.04. The van der Waals surface area contributed by atoms with Crippen LogP contribution in [0, 0.1) is 0 Å². The van der Waals surface area contributed by atoms with Crippen molar-refractivity contribution in [2.75, 3.05) is 0 Å². The molecule has 0 atom stereocenters. The fourth-order valence-corrected chi connectivity index (χ4v) is 9.66. The maximum absolute atomic E-state index is 5.66. The predicted octanol–water partition coefficient (Wildman–Crippen LogP) is 13.4. The standard InChI is InChI=1S/C52H30N4/c1-2-14-34(15-3-1)55-43-22-9-8-19-38(43)41-30-33(26-28-44(41)55)50-52(53-42-27-24-31-12-4-5-16-35(31)51(42)54-50)56-45-23-11-21-40-37-18-7-6-17-36(37)39-20-10-13-32-25-29-46(56)49(47(32)39)48(40)45/h1-30H. The molecule has 0 radical (unpaired) electrons. The molecular formula is C52H30N4. The van der Waals surface area contributed by atoms with Gasteiger partial charge >= 0.3 is 0 Å². The summed E-state index contributed by atoms with van der Waals surface area (Å²) in [6.07, 6.45) is 0. The normalized spacial score (nSPS) is 12.3. The van der Waals surface area contributed by atoms with E-state index in [4.69, 9.17) is 9.97 Å². The molecule has 0 spiro atoms. The van der Waals surface area contributed by atoms with E-state index in [9.17, 15) is 0 Å². The van der Waals surface area contributed by atoms with Crippen LogP contribution < -0.4 is 0 Å². The SMILES string of the molecule is c1ccc(-n2c3ccccc3c3cc(-c4nc5c(ccc6ccccc65)nc4-n4c5cccc6c5c5c7c(cccc7ccc54)-c4ccccc4-6)ccc32)cc1. The Balaban J connectivity index is 1.18. The van der Waals surface area contributed by atoms with Gasteiger partial charge in [0.25, 0.3) is 0 Å². The van der Waals surface area contributed by atoms with Crippen molar-refractivity contribution in [3.63, 3.8) is 0 Å². The minimum absolute atomic E-state index is 0.821. The maximum Gasteiger partial charge on any atom is 0.165 e. The van der Waals surface area contributed by atoms with Gasteiger partial charge in [0.05, 0.1) is 33.1 Å². The second-order valence-electron chi connectivity index (χ2n) is 14.9. The molecule has 13 rings (SSSR count). The van der Waals surface area contributed by atoms with Crippen LogP contribution in [0.3, 0.4) is 0 Å². The molecule has 4 heteroatoms. The molecular weight excluding hydrogens is 681 g/mol. The van der Waals surface area contributed by atoms with E-state index in [1.54, 1.807) is 0 Å². The quantitative estimate of drug-likeness (QED) is 0.171. The number of aromatic nitrogens is 4. The highest BCUT2D eigenvalue weighted by atomic mass is 15.1. The molecule has 0 amide bonds. The summed E-state index contributed by atoms with van der Waals surface area (Å²) in [7, 11) is 0. The maximum atomic E-state index is 5.66. The zero-order valence-corrected chi connectivity index (χ0v) is 30.1. The summed E-state index contributed by atoms with van der Waals surface area (Å²) in [5.74, 6) is 0.821. The number of para-hydroxylation sites is 2. The Kier molecular flexibility index (Phi) is 5.86. The van der Waals surface area contributed by atoms with Crippen LogP contribution in [0.5, 0.6) is 0 Å². The number of hydrogen-bond donors (Lipinski definition) is 0. The van der Waals surface area contributed by atoms with Crippen molar-refractivity contribution in [3.05, 3.63) is 182 Å². The smallest absolute Gasteiger partial charge is 0.165 e. The van der Waals surface area contributed by atoms with Crippen LogP contribution >= 0.6 is 0 Å². The number of fused-ring (bicyclic) bond motifs is 9. The Morgan fingerprint density at radius 2 is 0.982 bits per heavy atom. The summed E-state index contributed by atoms with van der Waals surface area (Å²) in [5.41, 5.74) is 14.4. The van der Waals surface area contributed by atoms with Crippen LogP contribution in [0.4, 0.5) is 0 Å². The van der Waals surface area contributed by atoms with Gasteiger partial charge in [0.15, 0.2) is 5.82 Å².